The third-order valence-electron chi connectivity index (χ3n) is 3.96. The number of aliphatic hydroxyl groups excluding tert-OH is 1. The fourth-order valence-electron chi connectivity index (χ4n) is 2.01. The molecule has 0 bridgehead atoms. The molecule has 2 N–H and O–H groups in total. The number of hydrogen-bond donors (Lipinski definition) is 2. The molecule has 1 aliphatic heterocycles. The fraction of sp³-hybridized carbons (Fsp3) is 0.467. The Kier molecular flexibility index (Phi) is 3.96. The van der Waals surface area contributed by atoms with E-state index in [-0.39, 0.29) is 12.4 Å². The van der Waals surface area contributed by atoms with Crippen molar-refractivity contribution >= 4 is 13.2 Å². The Morgan fingerprint density at radius 3 is 2.30 bits per heavy atom. The van der Waals surface area contributed by atoms with Crippen LogP contribution in [0.5, 0.6) is 5.75 Å². The molecule has 0 amide bonds. The molecule has 0 radical (unpaired) electrons. The van der Waals surface area contributed by atoms with Gasteiger partial charge in [0.1, 0.15) is 5.75 Å². The monoisotopic (exact) mass is 276 g/mol. The molecule has 1 fully saturated rings. The van der Waals surface area contributed by atoms with Crippen molar-refractivity contribution in [1.82, 2.24) is 0 Å². The lowest BCUT2D eigenvalue weighted by Crippen LogP contribution is -2.41. The van der Waals surface area contributed by atoms with Crippen LogP contribution in [0.4, 0.5) is 0 Å². The lowest BCUT2D eigenvalue weighted by atomic mass is 9.77. The van der Waals surface area contributed by atoms with Gasteiger partial charge in [0, 0.05) is 0 Å². The molecule has 20 heavy (non-hydrogen) atoms. The number of phenolic OH excluding ortho intramolecular Hbond substituents is 1. The highest BCUT2D eigenvalue weighted by Crippen LogP contribution is 2.38. The van der Waals surface area contributed by atoms with E-state index in [9.17, 15) is 10.2 Å². The molecule has 4 nitrogen and oxygen atoms in total. The van der Waals surface area contributed by atoms with E-state index in [4.69, 9.17) is 9.31 Å². The summed E-state index contributed by atoms with van der Waals surface area (Å²) in [7, 11) is -0.577. The van der Waals surface area contributed by atoms with Gasteiger partial charge in [-0.25, -0.2) is 0 Å². The third kappa shape index (κ3) is 2.90. The number of phenols is 1. The van der Waals surface area contributed by atoms with E-state index in [2.05, 4.69) is 0 Å². The molecular weight excluding hydrogens is 255 g/mol. The zero-order valence-corrected chi connectivity index (χ0v) is 12.4. The van der Waals surface area contributed by atoms with Crippen LogP contribution in [0.3, 0.4) is 0 Å². The largest absolute Gasteiger partial charge is 0.508 e. The number of benzene rings is 1. The Hall–Kier alpha value is -1.30. The van der Waals surface area contributed by atoms with E-state index in [0.29, 0.717) is 5.47 Å². The summed E-state index contributed by atoms with van der Waals surface area (Å²) < 4.78 is 11.8. The van der Waals surface area contributed by atoms with Gasteiger partial charge in [-0.05, 0) is 50.9 Å². The molecule has 0 spiro atoms. The van der Waals surface area contributed by atoms with Crippen molar-refractivity contribution in [2.24, 2.45) is 0 Å². The van der Waals surface area contributed by atoms with E-state index in [1.54, 1.807) is 24.3 Å². The minimum absolute atomic E-state index is 0.160. The highest BCUT2D eigenvalue weighted by atomic mass is 16.7. The number of aliphatic hydroxyl groups is 1. The van der Waals surface area contributed by atoms with Gasteiger partial charge in [0.15, 0.2) is 0 Å². The number of aromatic hydroxyl groups is 1. The van der Waals surface area contributed by atoms with Gasteiger partial charge in [-0.15, -0.1) is 0 Å². The maximum atomic E-state index is 9.57. The zero-order valence-electron chi connectivity index (χ0n) is 12.4. The van der Waals surface area contributed by atoms with E-state index in [1.165, 1.54) is 0 Å². The van der Waals surface area contributed by atoms with Crippen molar-refractivity contribution in [3.8, 4) is 5.75 Å². The minimum atomic E-state index is -0.577. The zero-order chi connectivity index (χ0) is 15.0. The summed E-state index contributed by atoms with van der Waals surface area (Å²) in [4.78, 5) is 0. The Labute approximate surface area is 120 Å². The third-order valence-corrected chi connectivity index (χ3v) is 3.96. The van der Waals surface area contributed by atoms with Gasteiger partial charge in [-0.2, -0.15) is 0 Å². The molecular formula is C15H21BO4. The molecule has 0 unspecified atom stereocenters. The second kappa shape index (κ2) is 5.24. The van der Waals surface area contributed by atoms with Crippen LogP contribution in [-0.4, -0.2) is 35.1 Å². The van der Waals surface area contributed by atoms with E-state index < -0.39 is 18.3 Å². The fourth-order valence-corrected chi connectivity index (χ4v) is 2.01. The first-order valence-electron chi connectivity index (χ1n) is 6.71. The summed E-state index contributed by atoms with van der Waals surface area (Å²) in [5.74, 6) is 0.185. The smallest absolute Gasteiger partial charge is 0.492 e. The van der Waals surface area contributed by atoms with Crippen molar-refractivity contribution < 1.29 is 19.5 Å². The highest BCUT2D eigenvalue weighted by Gasteiger charge is 2.52. The second-order valence-corrected chi connectivity index (χ2v) is 6.06. The molecule has 0 aliphatic carbocycles. The molecule has 1 saturated heterocycles. The standard InChI is InChI=1S/C15H21BO4/c1-14(2)15(3,4)20-16(19-14)12(10-17)8-11-6-5-7-13(18)9-11/h5-9,17-18H,10H2,1-4H3. The van der Waals surface area contributed by atoms with Gasteiger partial charge in [0.2, 0.25) is 0 Å². The predicted molar refractivity (Wildman–Crippen MR) is 79.3 cm³/mol. The maximum absolute atomic E-state index is 9.57. The summed E-state index contributed by atoms with van der Waals surface area (Å²) in [6, 6.07) is 6.83. The second-order valence-electron chi connectivity index (χ2n) is 6.06. The Bertz CT molecular complexity index is 506. The summed E-state index contributed by atoms with van der Waals surface area (Å²) in [5, 5.41) is 19.0. The Morgan fingerprint density at radius 2 is 1.80 bits per heavy atom. The Morgan fingerprint density at radius 1 is 1.20 bits per heavy atom. The molecule has 0 saturated carbocycles. The predicted octanol–water partition coefficient (Wildman–Crippen LogP) is 2.40. The molecule has 2 rings (SSSR count). The molecule has 108 valence electrons. The van der Waals surface area contributed by atoms with Crippen LogP contribution in [0.2, 0.25) is 0 Å². The van der Waals surface area contributed by atoms with Gasteiger partial charge >= 0.3 is 7.12 Å². The van der Waals surface area contributed by atoms with Gasteiger partial charge in [-0.1, -0.05) is 18.2 Å². The first kappa shape index (κ1) is 15.1. The summed E-state index contributed by atoms with van der Waals surface area (Å²) in [6.07, 6.45) is 1.78. The first-order chi connectivity index (χ1) is 9.25. The SMILES string of the molecule is CC1(C)OB(C(=Cc2cccc(O)c2)CO)OC1(C)C. The Balaban J connectivity index is 2.26. The lowest BCUT2D eigenvalue weighted by Gasteiger charge is -2.32. The molecule has 5 heteroatoms. The normalized spacial score (nSPS) is 21.2. The first-order valence-corrected chi connectivity index (χ1v) is 6.71. The van der Waals surface area contributed by atoms with Gasteiger partial charge < -0.3 is 19.5 Å². The van der Waals surface area contributed by atoms with Crippen molar-refractivity contribution in [1.29, 1.82) is 0 Å². The lowest BCUT2D eigenvalue weighted by molar-refractivity contribution is 0.00578. The van der Waals surface area contributed by atoms with Crippen molar-refractivity contribution in [2.45, 2.75) is 38.9 Å². The topological polar surface area (TPSA) is 58.9 Å². The van der Waals surface area contributed by atoms with E-state index in [1.807, 2.05) is 33.8 Å². The van der Waals surface area contributed by atoms with Gasteiger partial charge in [0.05, 0.1) is 17.8 Å². The quantitative estimate of drug-likeness (QED) is 0.832. The van der Waals surface area contributed by atoms with Gasteiger partial charge in [-0.3, -0.25) is 0 Å². The number of hydrogen-bond acceptors (Lipinski definition) is 4. The van der Waals surface area contributed by atoms with Crippen LogP contribution in [0.25, 0.3) is 6.08 Å². The highest BCUT2D eigenvalue weighted by molar-refractivity contribution is 6.55. The summed E-state index contributed by atoms with van der Waals surface area (Å²) in [5.41, 5.74) is 0.549. The average molecular weight is 276 g/mol. The van der Waals surface area contributed by atoms with Crippen molar-refractivity contribution in [3.05, 3.63) is 35.3 Å². The van der Waals surface area contributed by atoms with E-state index in [0.717, 1.165) is 5.56 Å². The molecule has 0 atom stereocenters. The maximum Gasteiger partial charge on any atom is 0.492 e. The van der Waals surface area contributed by atoms with Crippen LogP contribution >= 0.6 is 0 Å². The van der Waals surface area contributed by atoms with Crippen molar-refractivity contribution in [2.75, 3.05) is 6.61 Å². The van der Waals surface area contributed by atoms with Crippen molar-refractivity contribution in [3.63, 3.8) is 0 Å². The van der Waals surface area contributed by atoms with Gasteiger partial charge in [0.25, 0.3) is 0 Å². The molecule has 1 aliphatic rings. The van der Waals surface area contributed by atoms with Crippen LogP contribution in [0.1, 0.15) is 33.3 Å². The van der Waals surface area contributed by atoms with Crippen LogP contribution < -0.4 is 0 Å². The van der Waals surface area contributed by atoms with Crippen LogP contribution in [0, 0.1) is 0 Å². The minimum Gasteiger partial charge on any atom is -0.508 e. The summed E-state index contributed by atoms with van der Waals surface area (Å²) in [6.45, 7) is 7.71. The molecule has 1 aromatic rings. The van der Waals surface area contributed by atoms with E-state index >= 15 is 0 Å². The van der Waals surface area contributed by atoms with Crippen LogP contribution in [0.15, 0.2) is 29.7 Å². The van der Waals surface area contributed by atoms with Crippen LogP contribution in [-0.2, 0) is 9.31 Å². The average Bonchev–Trinajstić information content (AvgIpc) is 2.55. The molecule has 1 aromatic carbocycles. The number of rotatable bonds is 3. The molecule has 1 heterocycles. The summed E-state index contributed by atoms with van der Waals surface area (Å²) >= 11 is 0. The molecule has 0 aromatic heterocycles.